The van der Waals surface area contributed by atoms with Crippen LogP contribution in [0.5, 0.6) is 0 Å². The Kier molecular flexibility index (Phi) is 16.0. The second kappa shape index (κ2) is 21.7. The molecule has 5 aromatic rings. The first-order chi connectivity index (χ1) is 32.2. The highest BCUT2D eigenvalue weighted by molar-refractivity contribution is 7.80. The van der Waals surface area contributed by atoms with E-state index in [4.69, 9.17) is 20.9 Å². The van der Waals surface area contributed by atoms with E-state index in [2.05, 4.69) is 23.3 Å². The Morgan fingerprint density at radius 3 is 1.63 bits per heavy atom. The first-order valence-corrected chi connectivity index (χ1v) is 22.7. The number of nitrogens with one attached hydrogen (secondary N) is 2. The topological polar surface area (TPSA) is 220 Å². The van der Waals surface area contributed by atoms with Crippen molar-refractivity contribution in [3.05, 3.63) is 167 Å². The van der Waals surface area contributed by atoms with Gasteiger partial charge in [0.25, 0.3) is 5.91 Å². The number of nitrogens with two attached hydrogens (primary N) is 2. The lowest BCUT2D eigenvalue weighted by Gasteiger charge is -2.56. The zero-order valence-corrected chi connectivity index (χ0v) is 38.6. The molecule has 0 heterocycles. The molecule has 67 heavy (non-hydrogen) atoms. The van der Waals surface area contributed by atoms with Gasteiger partial charge in [-0.05, 0) is 79.1 Å². The molecule has 1 aliphatic rings. The standard InChI is InChI=1S/C52H57N5O9S/c1-50(2,3)66-49(64)57(46(60)43(33-67)56-45(59)31-55-44(58)30-54)52(48(62)63,51(34-18-7-4-8-19-34,35-20-9-5-10-21-35)36-22-11-6-12-23-36)42(28-17-29-53)47(61)65-32-41-39-26-15-13-24-37(39)38-25-14-16-27-40(38)41/h4-16,18-27,41-43,67H,17,28-33,53-54H2,1-3H3,(H,55,58)(H,56,59)(H,62,63)/t42?,43-,52-/m1/s1. The van der Waals surface area contributed by atoms with E-state index in [0.717, 1.165) is 22.3 Å². The summed E-state index contributed by atoms with van der Waals surface area (Å²) in [7, 11) is 0. The number of carboxylic acid groups (broad SMARTS) is 1. The predicted molar refractivity (Wildman–Crippen MR) is 257 cm³/mol. The second-order valence-electron chi connectivity index (χ2n) is 17.2. The van der Waals surface area contributed by atoms with Crippen LogP contribution >= 0.6 is 12.6 Å². The van der Waals surface area contributed by atoms with Gasteiger partial charge in [0, 0.05) is 11.7 Å². The highest BCUT2D eigenvalue weighted by atomic mass is 32.1. The molecule has 350 valence electrons. The van der Waals surface area contributed by atoms with Crippen LogP contribution in [0.15, 0.2) is 140 Å². The molecule has 0 fully saturated rings. The van der Waals surface area contributed by atoms with Gasteiger partial charge in [0.05, 0.1) is 24.4 Å². The molecule has 0 aliphatic heterocycles. The van der Waals surface area contributed by atoms with Crippen LogP contribution in [0.3, 0.4) is 0 Å². The van der Waals surface area contributed by atoms with E-state index in [1.807, 2.05) is 48.5 Å². The van der Waals surface area contributed by atoms with E-state index >= 15 is 19.2 Å². The molecule has 0 saturated carbocycles. The summed E-state index contributed by atoms with van der Waals surface area (Å²) in [5.41, 5.74) is 9.59. The molecule has 0 aromatic heterocycles. The molecule has 0 spiro atoms. The Labute approximate surface area is 395 Å². The van der Waals surface area contributed by atoms with Crippen molar-refractivity contribution in [2.75, 3.05) is 32.0 Å². The smallest absolute Gasteiger partial charge is 0.418 e. The van der Waals surface area contributed by atoms with E-state index in [-0.39, 0.29) is 42.7 Å². The van der Waals surface area contributed by atoms with Gasteiger partial charge in [-0.3, -0.25) is 19.2 Å². The van der Waals surface area contributed by atoms with Crippen LogP contribution in [0.1, 0.15) is 67.3 Å². The Morgan fingerprint density at radius 1 is 0.716 bits per heavy atom. The minimum Gasteiger partial charge on any atom is -0.479 e. The number of amides is 4. The molecule has 4 amide bonds. The Balaban J connectivity index is 1.71. The number of imide groups is 1. The summed E-state index contributed by atoms with van der Waals surface area (Å²) in [5, 5.41) is 17.5. The SMILES string of the molecule is CC(C)(C)OC(=O)N(C(=O)[C@@H](CS)NC(=O)CNC(=O)CN)[C@@](C(=O)O)(C(CCCN)C(=O)OCC1c2ccccc2-c2ccccc21)C(c1ccccc1)(c1ccccc1)c1ccccc1. The average Bonchev–Trinajstić information content (AvgIpc) is 3.65. The number of aliphatic carboxylic acids is 1. The van der Waals surface area contributed by atoms with Crippen LogP contribution in [-0.2, 0) is 38.9 Å². The van der Waals surface area contributed by atoms with Crippen LogP contribution in [0.2, 0.25) is 0 Å². The zero-order chi connectivity index (χ0) is 48.4. The normalized spacial score (nSPS) is 14.0. The minimum absolute atomic E-state index is 0.0257. The van der Waals surface area contributed by atoms with Crippen LogP contribution in [0.4, 0.5) is 4.79 Å². The molecule has 5 aromatic carbocycles. The van der Waals surface area contributed by atoms with Crippen LogP contribution in [0.25, 0.3) is 11.1 Å². The van der Waals surface area contributed by atoms with Gasteiger partial charge in [-0.25, -0.2) is 14.5 Å². The lowest BCUT2D eigenvalue weighted by atomic mass is 9.52. The van der Waals surface area contributed by atoms with Gasteiger partial charge < -0.3 is 36.7 Å². The van der Waals surface area contributed by atoms with Crippen molar-refractivity contribution in [1.29, 1.82) is 0 Å². The number of fused-ring (bicyclic) bond motifs is 3. The van der Waals surface area contributed by atoms with Crippen LogP contribution < -0.4 is 22.1 Å². The molecule has 6 rings (SSSR count). The third-order valence-corrected chi connectivity index (χ3v) is 12.3. The van der Waals surface area contributed by atoms with Crippen molar-refractivity contribution in [3.8, 4) is 11.1 Å². The maximum absolute atomic E-state index is 15.9. The monoisotopic (exact) mass is 927 g/mol. The Bertz CT molecular complexity index is 2410. The molecule has 7 N–H and O–H groups in total. The lowest BCUT2D eigenvalue weighted by Crippen LogP contribution is -2.76. The summed E-state index contributed by atoms with van der Waals surface area (Å²) in [6.45, 7) is 3.34. The predicted octanol–water partition coefficient (Wildman–Crippen LogP) is 5.81. The molecule has 1 unspecified atom stereocenters. The van der Waals surface area contributed by atoms with Gasteiger partial charge in [-0.1, -0.05) is 140 Å². The number of hydrogen-bond acceptors (Lipinski definition) is 11. The second-order valence-corrected chi connectivity index (χ2v) is 17.6. The molecule has 15 heteroatoms. The summed E-state index contributed by atoms with van der Waals surface area (Å²) in [4.78, 5) is 88.9. The molecule has 0 radical (unpaired) electrons. The fourth-order valence-electron chi connectivity index (χ4n) is 9.29. The number of esters is 1. The van der Waals surface area contributed by atoms with Gasteiger partial charge in [-0.2, -0.15) is 12.6 Å². The number of benzene rings is 5. The zero-order valence-electron chi connectivity index (χ0n) is 37.7. The maximum Gasteiger partial charge on any atom is 0.418 e. The van der Waals surface area contributed by atoms with Crippen molar-refractivity contribution in [3.63, 3.8) is 0 Å². The molecule has 14 nitrogen and oxygen atoms in total. The first-order valence-electron chi connectivity index (χ1n) is 22.1. The number of carbonyl (C=O) groups is 6. The molecule has 1 aliphatic carbocycles. The minimum atomic E-state index is -3.06. The van der Waals surface area contributed by atoms with Crippen molar-refractivity contribution < 1.29 is 43.3 Å². The third kappa shape index (κ3) is 9.99. The lowest BCUT2D eigenvalue weighted by molar-refractivity contribution is -0.177. The molecule has 0 saturated heterocycles. The summed E-state index contributed by atoms with van der Waals surface area (Å²) in [6.07, 6.45) is -1.72. The average molecular weight is 928 g/mol. The van der Waals surface area contributed by atoms with Crippen LogP contribution in [-0.4, -0.2) is 94.9 Å². The van der Waals surface area contributed by atoms with Crippen molar-refractivity contribution in [2.24, 2.45) is 17.4 Å². The van der Waals surface area contributed by atoms with E-state index in [9.17, 15) is 14.7 Å². The number of nitrogens with zero attached hydrogens (tertiary/aromatic N) is 1. The van der Waals surface area contributed by atoms with Gasteiger partial charge in [0.2, 0.25) is 11.8 Å². The largest absolute Gasteiger partial charge is 0.479 e. The first kappa shape index (κ1) is 49.6. The maximum atomic E-state index is 15.9. The Hall–Kier alpha value is -6.81. The quantitative estimate of drug-likeness (QED) is 0.0330. The van der Waals surface area contributed by atoms with Gasteiger partial charge >= 0.3 is 18.0 Å². The summed E-state index contributed by atoms with van der Waals surface area (Å²) < 4.78 is 12.5. The molecular weight excluding hydrogens is 871 g/mol. The third-order valence-electron chi connectivity index (χ3n) is 12.0. The van der Waals surface area contributed by atoms with Gasteiger partial charge in [-0.15, -0.1) is 0 Å². The number of hydrogen-bond donors (Lipinski definition) is 6. The number of ether oxygens (including phenoxy) is 2. The van der Waals surface area contributed by atoms with Crippen LogP contribution in [0, 0.1) is 5.92 Å². The van der Waals surface area contributed by atoms with E-state index in [1.54, 1.807) is 112 Å². The number of thiol groups is 1. The fourth-order valence-corrected chi connectivity index (χ4v) is 9.54. The van der Waals surface area contributed by atoms with Crippen molar-refractivity contribution >= 4 is 48.4 Å². The van der Waals surface area contributed by atoms with Gasteiger partial charge in [0.1, 0.15) is 18.2 Å². The van der Waals surface area contributed by atoms with E-state index in [0.29, 0.717) is 4.90 Å². The number of carboxylic acids is 1. The molecular formula is C52H57N5O9S. The highest BCUT2D eigenvalue weighted by Gasteiger charge is 2.72. The fraction of sp³-hybridized carbons (Fsp3) is 0.308. The molecule has 3 atom stereocenters. The molecule has 0 bridgehead atoms. The number of carbonyl (C=O) groups excluding carboxylic acids is 5. The van der Waals surface area contributed by atoms with Crippen molar-refractivity contribution in [2.45, 2.75) is 62.1 Å². The van der Waals surface area contributed by atoms with Crippen molar-refractivity contribution in [1.82, 2.24) is 15.5 Å². The highest BCUT2D eigenvalue weighted by Crippen LogP contribution is 2.56. The van der Waals surface area contributed by atoms with Gasteiger partial charge in [0.15, 0.2) is 5.54 Å². The Morgan fingerprint density at radius 2 is 1.19 bits per heavy atom. The summed E-state index contributed by atoms with van der Waals surface area (Å²) in [5.74, 6) is -8.47. The summed E-state index contributed by atoms with van der Waals surface area (Å²) in [6, 6.07) is 39.1. The summed E-state index contributed by atoms with van der Waals surface area (Å²) >= 11 is 4.44. The number of rotatable bonds is 19. The van der Waals surface area contributed by atoms with E-state index < -0.39 is 89.0 Å². The van der Waals surface area contributed by atoms with E-state index in [1.165, 1.54) is 0 Å².